The van der Waals surface area contributed by atoms with Gasteiger partial charge in [-0.1, -0.05) is 6.07 Å². The van der Waals surface area contributed by atoms with Crippen LogP contribution < -0.4 is 15.8 Å². The number of nitrogens with one attached hydrogen (secondary N) is 1. The third-order valence-electron chi connectivity index (χ3n) is 5.03. The second-order valence-corrected chi connectivity index (χ2v) is 6.77. The molecule has 1 atom stereocenters. The number of aromatic nitrogens is 1. The lowest BCUT2D eigenvalue weighted by atomic mass is 9.74. The molecule has 25 heavy (non-hydrogen) atoms. The van der Waals surface area contributed by atoms with E-state index in [0.717, 1.165) is 17.7 Å². The fraction of sp³-hybridized carbons (Fsp3) is 0.368. The largest absolute Gasteiger partial charge is 0.493 e. The molecule has 2 aromatic rings. The smallest absolute Gasteiger partial charge is 0.253 e. The van der Waals surface area contributed by atoms with E-state index >= 15 is 0 Å². The van der Waals surface area contributed by atoms with Gasteiger partial charge in [-0.3, -0.25) is 4.79 Å². The second kappa shape index (κ2) is 6.37. The molecule has 1 amide bonds. The zero-order valence-electron chi connectivity index (χ0n) is 13.8. The Kier molecular flexibility index (Phi) is 4.05. The minimum Gasteiger partial charge on any atom is -0.493 e. The number of benzene rings is 1. The van der Waals surface area contributed by atoms with Crippen molar-refractivity contribution in [1.82, 2.24) is 10.3 Å². The number of fused-ring (bicyclic) bond motifs is 1. The number of nitrogen functional groups attached to an aromatic ring is 1. The second-order valence-electron chi connectivity index (χ2n) is 6.77. The molecule has 1 unspecified atom stereocenters. The van der Waals surface area contributed by atoms with Gasteiger partial charge in [-0.25, -0.2) is 4.98 Å². The summed E-state index contributed by atoms with van der Waals surface area (Å²) >= 11 is 0. The molecule has 4 rings (SSSR count). The fourth-order valence-corrected chi connectivity index (χ4v) is 3.54. The minimum absolute atomic E-state index is 0.139. The van der Waals surface area contributed by atoms with Gasteiger partial charge >= 0.3 is 0 Å². The maximum atomic E-state index is 12.6. The van der Waals surface area contributed by atoms with Crippen molar-refractivity contribution in [2.45, 2.75) is 31.4 Å². The summed E-state index contributed by atoms with van der Waals surface area (Å²) in [6.45, 7) is 0.703. The molecule has 1 aromatic heterocycles. The number of ether oxygens (including phenoxy) is 1. The van der Waals surface area contributed by atoms with Crippen molar-refractivity contribution in [1.29, 1.82) is 0 Å². The Morgan fingerprint density at radius 2 is 2.16 bits per heavy atom. The molecule has 0 saturated heterocycles. The van der Waals surface area contributed by atoms with Crippen LogP contribution in [0.5, 0.6) is 5.75 Å². The number of hydrogen-bond donors (Lipinski definition) is 3. The molecule has 0 radical (unpaired) electrons. The summed E-state index contributed by atoms with van der Waals surface area (Å²) in [5, 5.41) is 12.8. The van der Waals surface area contributed by atoms with Crippen molar-refractivity contribution in [3.05, 3.63) is 53.2 Å². The summed E-state index contributed by atoms with van der Waals surface area (Å²) < 4.78 is 5.57. The van der Waals surface area contributed by atoms with Crippen LogP contribution in [0.25, 0.3) is 0 Å². The van der Waals surface area contributed by atoms with Crippen LogP contribution in [0.15, 0.2) is 36.5 Å². The monoisotopic (exact) mass is 339 g/mol. The Morgan fingerprint density at radius 3 is 2.88 bits per heavy atom. The molecular formula is C19H21N3O3. The molecule has 130 valence electrons. The van der Waals surface area contributed by atoms with Crippen molar-refractivity contribution in [2.24, 2.45) is 5.92 Å². The first-order valence-electron chi connectivity index (χ1n) is 8.56. The van der Waals surface area contributed by atoms with E-state index in [1.165, 1.54) is 11.8 Å². The van der Waals surface area contributed by atoms with E-state index < -0.39 is 0 Å². The normalized spacial score (nSPS) is 22.4. The highest BCUT2D eigenvalue weighted by Gasteiger charge is 2.36. The highest BCUT2D eigenvalue weighted by molar-refractivity contribution is 5.94. The molecule has 0 spiro atoms. The van der Waals surface area contributed by atoms with Gasteiger partial charge in [-0.15, -0.1) is 0 Å². The number of carbonyl (C=O) groups excluding carboxylic acids is 1. The molecule has 1 fully saturated rings. The van der Waals surface area contributed by atoms with Crippen LogP contribution in [0.4, 0.5) is 5.82 Å². The summed E-state index contributed by atoms with van der Waals surface area (Å²) in [6, 6.07) is 9.22. The van der Waals surface area contributed by atoms with Crippen molar-refractivity contribution >= 4 is 11.7 Å². The quantitative estimate of drug-likeness (QED) is 0.790. The molecule has 1 aromatic carbocycles. The first-order chi connectivity index (χ1) is 12.1. The molecule has 2 heterocycles. The summed E-state index contributed by atoms with van der Waals surface area (Å²) in [5.41, 5.74) is 8.28. The Bertz CT molecular complexity index is 785. The highest BCUT2D eigenvalue weighted by atomic mass is 16.5. The lowest BCUT2D eigenvalue weighted by Gasteiger charge is -2.38. The number of aliphatic hydroxyl groups excluding tert-OH is 1. The van der Waals surface area contributed by atoms with Crippen LogP contribution in [0, 0.1) is 5.92 Å². The zero-order valence-corrected chi connectivity index (χ0v) is 13.8. The van der Waals surface area contributed by atoms with E-state index in [1.807, 2.05) is 12.1 Å². The maximum absolute atomic E-state index is 12.6. The average Bonchev–Trinajstić information content (AvgIpc) is 3.05. The Labute approximate surface area is 146 Å². The van der Waals surface area contributed by atoms with Gasteiger partial charge < -0.3 is 20.9 Å². The first-order valence-corrected chi connectivity index (χ1v) is 8.56. The predicted octanol–water partition coefficient (Wildman–Crippen LogP) is 1.84. The lowest BCUT2D eigenvalue weighted by Crippen LogP contribution is -2.41. The van der Waals surface area contributed by atoms with Gasteiger partial charge in [-0.2, -0.15) is 0 Å². The fourth-order valence-electron chi connectivity index (χ4n) is 3.54. The van der Waals surface area contributed by atoms with Crippen molar-refractivity contribution < 1.29 is 14.6 Å². The van der Waals surface area contributed by atoms with Gasteiger partial charge in [-0.05, 0) is 54.2 Å². The number of nitrogens with zero attached hydrogens (tertiary/aromatic N) is 1. The van der Waals surface area contributed by atoms with Gasteiger partial charge in [0.1, 0.15) is 11.6 Å². The van der Waals surface area contributed by atoms with Crippen LogP contribution >= 0.6 is 0 Å². The summed E-state index contributed by atoms with van der Waals surface area (Å²) in [7, 11) is 0. The number of nitrogens with two attached hydrogens (primary N) is 1. The molecule has 2 aliphatic rings. The van der Waals surface area contributed by atoms with E-state index in [0.29, 0.717) is 30.8 Å². The SMILES string of the molecule is Nc1ccc(C(=O)NC(c2ccc3c(c2)CCO3)C2CC(O)C2)cn1. The molecule has 6 nitrogen and oxygen atoms in total. The number of amides is 1. The zero-order chi connectivity index (χ0) is 17.4. The average molecular weight is 339 g/mol. The highest BCUT2D eigenvalue weighted by Crippen LogP contribution is 2.39. The van der Waals surface area contributed by atoms with Crippen LogP contribution in [0.3, 0.4) is 0 Å². The standard InChI is InChI=1S/C19H21N3O3/c20-17-4-2-13(10-21-17)19(24)22-18(14-8-15(23)9-14)12-1-3-16-11(7-12)5-6-25-16/h1-4,7,10,14-15,18,23H,5-6,8-9H2,(H2,20,21)(H,22,24). The van der Waals surface area contributed by atoms with Crippen molar-refractivity contribution in [3.63, 3.8) is 0 Å². The summed E-state index contributed by atoms with van der Waals surface area (Å²) in [4.78, 5) is 16.6. The third kappa shape index (κ3) is 3.17. The summed E-state index contributed by atoms with van der Waals surface area (Å²) in [5.74, 6) is 1.34. The van der Waals surface area contributed by atoms with Gasteiger partial charge in [0.2, 0.25) is 0 Å². The van der Waals surface area contributed by atoms with Crippen molar-refractivity contribution in [2.75, 3.05) is 12.3 Å². The molecule has 1 aliphatic heterocycles. The molecular weight excluding hydrogens is 318 g/mol. The molecule has 1 aliphatic carbocycles. The number of hydrogen-bond acceptors (Lipinski definition) is 5. The van der Waals surface area contributed by atoms with Gasteiger partial charge in [0.15, 0.2) is 0 Å². The van der Waals surface area contributed by atoms with Crippen LogP contribution in [-0.4, -0.2) is 28.7 Å². The van der Waals surface area contributed by atoms with E-state index in [2.05, 4.69) is 16.4 Å². The Balaban J connectivity index is 1.58. The minimum atomic E-state index is -0.277. The van der Waals surface area contributed by atoms with Gasteiger partial charge in [0.05, 0.1) is 24.3 Å². The summed E-state index contributed by atoms with van der Waals surface area (Å²) in [6.07, 6.45) is 3.48. The number of aliphatic hydroxyl groups is 1. The first kappa shape index (κ1) is 15.9. The topological polar surface area (TPSA) is 97.5 Å². The van der Waals surface area contributed by atoms with E-state index in [1.54, 1.807) is 12.1 Å². The molecule has 6 heteroatoms. The lowest BCUT2D eigenvalue weighted by molar-refractivity contribution is 0.0235. The number of anilines is 1. The van der Waals surface area contributed by atoms with Crippen LogP contribution in [0.1, 0.15) is 40.4 Å². The van der Waals surface area contributed by atoms with Gasteiger partial charge in [0, 0.05) is 12.6 Å². The van der Waals surface area contributed by atoms with E-state index in [9.17, 15) is 9.90 Å². The predicted molar refractivity (Wildman–Crippen MR) is 93.2 cm³/mol. The Morgan fingerprint density at radius 1 is 1.32 bits per heavy atom. The molecule has 0 bridgehead atoms. The Hall–Kier alpha value is -2.60. The number of carbonyl (C=O) groups is 1. The molecule has 4 N–H and O–H groups in total. The van der Waals surface area contributed by atoms with E-state index in [4.69, 9.17) is 10.5 Å². The maximum Gasteiger partial charge on any atom is 0.253 e. The van der Waals surface area contributed by atoms with Gasteiger partial charge in [0.25, 0.3) is 5.91 Å². The number of rotatable bonds is 4. The number of pyridine rings is 1. The van der Waals surface area contributed by atoms with E-state index in [-0.39, 0.29) is 24.0 Å². The van der Waals surface area contributed by atoms with Crippen molar-refractivity contribution in [3.8, 4) is 5.75 Å². The van der Waals surface area contributed by atoms with Crippen LogP contribution in [-0.2, 0) is 6.42 Å². The third-order valence-corrected chi connectivity index (χ3v) is 5.03. The van der Waals surface area contributed by atoms with Crippen LogP contribution in [0.2, 0.25) is 0 Å². The molecule has 1 saturated carbocycles.